The van der Waals surface area contributed by atoms with Gasteiger partial charge in [0.2, 0.25) is 15.9 Å². The van der Waals surface area contributed by atoms with Crippen molar-refractivity contribution < 1.29 is 17.9 Å². The first-order chi connectivity index (χ1) is 12.0. The van der Waals surface area contributed by atoms with E-state index < -0.39 is 10.0 Å². The molecule has 8 heteroatoms. The van der Waals surface area contributed by atoms with Gasteiger partial charge in [0.25, 0.3) is 0 Å². The van der Waals surface area contributed by atoms with Crippen LogP contribution in [0.25, 0.3) is 0 Å². The molecule has 1 aliphatic heterocycles. The Bertz CT molecular complexity index is 931. The highest BCUT2D eigenvalue weighted by Crippen LogP contribution is 2.28. The number of pyridine rings is 1. The lowest BCUT2D eigenvalue weighted by atomic mass is 10.2. The van der Waals surface area contributed by atoms with Gasteiger partial charge in [0.15, 0.2) is 0 Å². The van der Waals surface area contributed by atoms with E-state index in [4.69, 9.17) is 14.7 Å². The zero-order chi connectivity index (χ0) is 18.0. The number of ether oxygens (including phenoxy) is 2. The Morgan fingerprint density at radius 2 is 2.08 bits per heavy atom. The molecule has 0 unspecified atom stereocenters. The van der Waals surface area contributed by atoms with E-state index in [2.05, 4.69) is 4.98 Å². The summed E-state index contributed by atoms with van der Waals surface area (Å²) in [6.45, 7) is 2.23. The van der Waals surface area contributed by atoms with Gasteiger partial charge >= 0.3 is 0 Å². The van der Waals surface area contributed by atoms with Crippen molar-refractivity contribution in [3.05, 3.63) is 47.7 Å². The van der Waals surface area contributed by atoms with Crippen LogP contribution in [-0.2, 0) is 10.0 Å². The topological polar surface area (TPSA) is 92.5 Å². The third-order valence-corrected chi connectivity index (χ3v) is 5.82. The molecule has 0 N–H and O–H groups in total. The van der Waals surface area contributed by atoms with E-state index in [1.54, 1.807) is 38.3 Å². The number of benzene rings is 1. The minimum Gasteiger partial charge on any atom is -0.496 e. The fourth-order valence-corrected chi connectivity index (χ4v) is 4.15. The number of hydrogen-bond acceptors (Lipinski definition) is 6. The van der Waals surface area contributed by atoms with E-state index in [-0.39, 0.29) is 30.0 Å². The molecule has 1 aromatic carbocycles. The third kappa shape index (κ3) is 3.29. The second kappa shape index (κ2) is 6.70. The van der Waals surface area contributed by atoms with Gasteiger partial charge in [0.1, 0.15) is 23.5 Å². The number of methoxy groups -OCH3 is 1. The Balaban J connectivity index is 1.69. The van der Waals surface area contributed by atoms with Crippen LogP contribution in [0.5, 0.6) is 11.6 Å². The fraction of sp³-hybridized carbons (Fsp3) is 0.294. The molecule has 0 spiro atoms. The molecule has 1 aromatic heterocycles. The summed E-state index contributed by atoms with van der Waals surface area (Å²) in [5, 5.41) is 9.03. The average molecular weight is 359 g/mol. The lowest BCUT2D eigenvalue weighted by Crippen LogP contribution is -2.56. The van der Waals surface area contributed by atoms with Gasteiger partial charge in [-0.25, -0.2) is 13.4 Å². The third-order valence-electron chi connectivity index (χ3n) is 3.99. The van der Waals surface area contributed by atoms with Crippen LogP contribution >= 0.6 is 0 Å². The first-order valence-corrected chi connectivity index (χ1v) is 9.06. The Hall–Kier alpha value is -2.63. The molecule has 7 nitrogen and oxygen atoms in total. The summed E-state index contributed by atoms with van der Waals surface area (Å²) in [6, 6.07) is 10.0. The average Bonchev–Trinajstić information content (AvgIpc) is 2.57. The highest BCUT2D eigenvalue weighted by molar-refractivity contribution is 7.89. The molecule has 3 rings (SSSR count). The zero-order valence-electron chi connectivity index (χ0n) is 13.8. The molecule has 0 radical (unpaired) electrons. The zero-order valence-corrected chi connectivity index (χ0v) is 14.7. The fourth-order valence-electron chi connectivity index (χ4n) is 2.56. The van der Waals surface area contributed by atoms with Crippen LogP contribution < -0.4 is 9.47 Å². The Kier molecular flexibility index (Phi) is 4.61. The monoisotopic (exact) mass is 359 g/mol. The Labute approximate surface area is 146 Å². The molecule has 1 fully saturated rings. The van der Waals surface area contributed by atoms with E-state index in [0.29, 0.717) is 11.3 Å². The minimum atomic E-state index is -3.58. The second-order valence-electron chi connectivity index (χ2n) is 5.66. The second-order valence-corrected chi connectivity index (χ2v) is 7.60. The summed E-state index contributed by atoms with van der Waals surface area (Å²) in [4.78, 5) is 4.24. The summed E-state index contributed by atoms with van der Waals surface area (Å²) in [6.07, 6.45) is 1.21. The number of sulfonamides is 1. The molecule has 130 valence electrons. The SMILES string of the molecule is COc1ccc(S(=O)(=O)N2CC(Oc3ncccc3C#N)C2)cc1C. The van der Waals surface area contributed by atoms with E-state index in [1.165, 1.54) is 16.6 Å². The van der Waals surface area contributed by atoms with Crippen molar-refractivity contribution in [2.45, 2.75) is 17.9 Å². The van der Waals surface area contributed by atoms with Gasteiger partial charge < -0.3 is 9.47 Å². The predicted octanol–water partition coefficient (Wildman–Crippen LogP) is 1.72. The van der Waals surface area contributed by atoms with Gasteiger partial charge in [-0.15, -0.1) is 0 Å². The number of nitrogens with zero attached hydrogens (tertiary/aromatic N) is 3. The van der Waals surface area contributed by atoms with Crippen LogP contribution in [-0.4, -0.2) is 44.0 Å². The smallest absolute Gasteiger partial charge is 0.243 e. The summed E-state index contributed by atoms with van der Waals surface area (Å²) in [5.74, 6) is 0.871. The van der Waals surface area contributed by atoms with Crippen LogP contribution in [0.3, 0.4) is 0 Å². The lowest BCUT2D eigenvalue weighted by molar-refractivity contribution is 0.0718. The highest BCUT2D eigenvalue weighted by Gasteiger charge is 2.38. The quantitative estimate of drug-likeness (QED) is 0.807. The van der Waals surface area contributed by atoms with Crippen molar-refractivity contribution in [1.82, 2.24) is 9.29 Å². The lowest BCUT2D eigenvalue weighted by Gasteiger charge is -2.37. The van der Waals surface area contributed by atoms with E-state index in [0.717, 1.165) is 5.56 Å². The molecule has 25 heavy (non-hydrogen) atoms. The largest absolute Gasteiger partial charge is 0.496 e. The number of aromatic nitrogens is 1. The van der Waals surface area contributed by atoms with Gasteiger partial charge in [-0.05, 0) is 42.8 Å². The first kappa shape index (κ1) is 17.2. The standard InChI is InChI=1S/C17H17N3O4S/c1-12-8-15(5-6-16(12)23-2)25(21,22)20-10-14(11-20)24-17-13(9-18)4-3-7-19-17/h3-8,14H,10-11H2,1-2H3. The maximum absolute atomic E-state index is 12.6. The number of hydrogen-bond donors (Lipinski definition) is 0. The molecule has 1 saturated heterocycles. The highest BCUT2D eigenvalue weighted by atomic mass is 32.2. The van der Waals surface area contributed by atoms with Gasteiger partial charge in [-0.1, -0.05) is 0 Å². The maximum Gasteiger partial charge on any atom is 0.243 e. The van der Waals surface area contributed by atoms with Gasteiger partial charge in [0, 0.05) is 6.20 Å². The molecule has 0 amide bonds. The number of nitriles is 1. The van der Waals surface area contributed by atoms with Crippen LogP contribution in [0.4, 0.5) is 0 Å². The summed E-state index contributed by atoms with van der Waals surface area (Å²) < 4.78 is 37.4. The Morgan fingerprint density at radius 1 is 1.32 bits per heavy atom. The van der Waals surface area contributed by atoms with Crippen LogP contribution in [0.1, 0.15) is 11.1 Å². The van der Waals surface area contributed by atoms with Crippen molar-refractivity contribution >= 4 is 10.0 Å². The molecule has 2 aromatic rings. The number of rotatable bonds is 5. The molecule has 0 atom stereocenters. The van der Waals surface area contributed by atoms with Crippen molar-refractivity contribution in [3.8, 4) is 17.7 Å². The van der Waals surface area contributed by atoms with Crippen molar-refractivity contribution in [2.24, 2.45) is 0 Å². The van der Waals surface area contributed by atoms with E-state index >= 15 is 0 Å². The number of aryl methyl sites for hydroxylation is 1. The molecule has 0 bridgehead atoms. The first-order valence-electron chi connectivity index (χ1n) is 7.62. The minimum absolute atomic E-state index is 0.217. The van der Waals surface area contributed by atoms with Gasteiger partial charge in [-0.3, -0.25) is 0 Å². The van der Waals surface area contributed by atoms with Gasteiger partial charge in [-0.2, -0.15) is 9.57 Å². The van der Waals surface area contributed by atoms with Crippen LogP contribution in [0, 0.1) is 18.3 Å². The van der Waals surface area contributed by atoms with Crippen molar-refractivity contribution in [3.63, 3.8) is 0 Å². The molecular formula is C17H17N3O4S. The van der Waals surface area contributed by atoms with Crippen LogP contribution in [0.15, 0.2) is 41.4 Å². The van der Waals surface area contributed by atoms with Crippen molar-refractivity contribution in [1.29, 1.82) is 5.26 Å². The normalized spacial score (nSPS) is 15.2. The summed E-state index contributed by atoms with van der Waals surface area (Å²) in [7, 11) is -2.04. The molecule has 1 aliphatic rings. The molecular weight excluding hydrogens is 342 g/mol. The molecule has 0 saturated carbocycles. The summed E-state index contributed by atoms with van der Waals surface area (Å²) >= 11 is 0. The molecule has 0 aliphatic carbocycles. The molecule has 2 heterocycles. The van der Waals surface area contributed by atoms with E-state index in [1.807, 2.05) is 6.07 Å². The van der Waals surface area contributed by atoms with Crippen molar-refractivity contribution in [2.75, 3.05) is 20.2 Å². The Morgan fingerprint density at radius 3 is 2.72 bits per heavy atom. The van der Waals surface area contributed by atoms with Crippen LogP contribution in [0.2, 0.25) is 0 Å². The van der Waals surface area contributed by atoms with Gasteiger partial charge in [0.05, 0.1) is 25.1 Å². The summed E-state index contributed by atoms with van der Waals surface area (Å²) in [5.41, 5.74) is 1.08. The maximum atomic E-state index is 12.6. The predicted molar refractivity (Wildman–Crippen MR) is 89.9 cm³/mol. The van der Waals surface area contributed by atoms with E-state index in [9.17, 15) is 8.42 Å².